The van der Waals surface area contributed by atoms with Gasteiger partial charge in [-0.05, 0) is 37.3 Å². The van der Waals surface area contributed by atoms with E-state index in [4.69, 9.17) is 5.11 Å². The minimum Gasteiger partial charge on any atom is -0.478 e. The molecule has 0 saturated carbocycles. The van der Waals surface area contributed by atoms with Crippen LogP contribution in [0.15, 0.2) is 24.3 Å². The average Bonchev–Trinajstić information content (AvgIpc) is 2.62. The van der Waals surface area contributed by atoms with E-state index < -0.39 is 5.97 Å². The van der Waals surface area contributed by atoms with Crippen molar-refractivity contribution in [3.05, 3.63) is 35.4 Å². The molecular formula is C15H19NO3. The van der Waals surface area contributed by atoms with Crippen LogP contribution in [-0.4, -0.2) is 35.0 Å². The van der Waals surface area contributed by atoms with Crippen molar-refractivity contribution in [2.45, 2.75) is 26.2 Å². The molecule has 1 saturated heterocycles. The Morgan fingerprint density at radius 2 is 1.84 bits per heavy atom. The number of rotatable bonds is 2. The standard InChI is InChI=1S/C15H19NO3/c1-11-5-4-9-16(10-8-11)14(17)12-6-2-3-7-13(12)15(18)19/h2-3,6-7,11H,4-5,8-10H2,1H3,(H,18,19). The Morgan fingerprint density at radius 1 is 1.16 bits per heavy atom. The number of aromatic carboxylic acids is 1. The highest BCUT2D eigenvalue weighted by Crippen LogP contribution is 2.19. The molecule has 1 amide bonds. The van der Waals surface area contributed by atoms with Gasteiger partial charge in [-0.15, -0.1) is 0 Å². The molecule has 102 valence electrons. The Morgan fingerprint density at radius 3 is 2.53 bits per heavy atom. The smallest absolute Gasteiger partial charge is 0.336 e. The third-order valence-electron chi connectivity index (χ3n) is 3.69. The summed E-state index contributed by atoms with van der Waals surface area (Å²) in [6.45, 7) is 3.63. The van der Waals surface area contributed by atoms with Crippen molar-refractivity contribution in [3.8, 4) is 0 Å². The molecule has 19 heavy (non-hydrogen) atoms. The molecule has 1 aliphatic rings. The summed E-state index contributed by atoms with van der Waals surface area (Å²) in [7, 11) is 0. The van der Waals surface area contributed by atoms with Gasteiger partial charge < -0.3 is 10.0 Å². The lowest BCUT2D eigenvalue weighted by atomic mass is 10.0. The van der Waals surface area contributed by atoms with Gasteiger partial charge in [-0.2, -0.15) is 0 Å². The summed E-state index contributed by atoms with van der Waals surface area (Å²) in [5.74, 6) is -0.577. The molecule has 0 aromatic heterocycles. The maximum Gasteiger partial charge on any atom is 0.336 e. The molecule has 1 fully saturated rings. The van der Waals surface area contributed by atoms with Crippen LogP contribution in [0.25, 0.3) is 0 Å². The molecule has 0 aliphatic carbocycles. The van der Waals surface area contributed by atoms with Gasteiger partial charge >= 0.3 is 5.97 Å². The third-order valence-corrected chi connectivity index (χ3v) is 3.69. The predicted molar refractivity (Wildman–Crippen MR) is 72.3 cm³/mol. The second-order valence-corrected chi connectivity index (χ2v) is 5.18. The summed E-state index contributed by atoms with van der Waals surface area (Å²) in [5.41, 5.74) is 0.384. The lowest BCUT2D eigenvalue weighted by Crippen LogP contribution is -2.33. The Labute approximate surface area is 113 Å². The number of amides is 1. The summed E-state index contributed by atoms with van der Waals surface area (Å²) < 4.78 is 0. The minimum atomic E-state index is -1.05. The van der Waals surface area contributed by atoms with Crippen LogP contribution in [0.3, 0.4) is 0 Å². The van der Waals surface area contributed by atoms with Crippen molar-refractivity contribution in [1.29, 1.82) is 0 Å². The highest BCUT2D eigenvalue weighted by atomic mass is 16.4. The monoisotopic (exact) mass is 261 g/mol. The summed E-state index contributed by atoms with van der Waals surface area (Å²) >= 11 is 0. The van der Waals surface area contributed by atoms with Crippen LogP contribution in [0.5, 0.6) is 0 Å². The first-order valence-corrected chi connectivity index (χ1v) is 6.71. The number of carboxylic acid groups (broad SMARTS) is 1. The van der Waals surface area contributed by atoms with Crippen molar-refractivity contribution in [2.24, 2.45) is 5.92 Å². The number of hydrogen-bond acceptors (Lipinski definition) is 2. The number of carbonyl (C=O) groups excluding carboxylic acids is 1. The number of likely N-dealkylation sites (tertiary alicyclic amines) is 1. The Hall–Kier alpha value is -1.84. The third kappa shape index (κ3) is 3.13. The summed E-state index contributed by atoms with van der Waals surface area (Å²) in [5, 5.41) is 9.14. The lowest BCUT2D eigenvalue weighted by molar-refractivity contribution is 0.0676. The van der Waals surface area contributed by atoms with Crippen LogP contribution in [-0.2, 0) is 0 Å². The zero-order valence-corrected chi connectivity index (χ0v) is 11.1. The topological polar surface area (TPSA) is 57.6 Å². The highest BCUT2D eigenvalue weighted by molar-refractivity contribution is 6.04. The fourth-order valence-corrected chi connectivity index (χ4v) is 2.49. The van der Waals surface area contributed by atoms with Gasteiger partial charge in [0.05, 0.1) is 11.1 Å². The van der Waals surface area contributed by atoms with E-state index in [2.05, 4.69) is 6.92 Å². The second-order valence-electron chi connectivity index (χ2n) is 5.18. The van der Waals surface area contributed by atoms with Crippen molar-refractivity contribution < 1.29 is 14.7 Å². The van der Waals surface area contributed by atoms with Crippen LogP contribution in [0.1, 0.15) is 46.9 Å². The van der Waals surface area contributed by atoms with E-state index in [0.29, 0.717) is 18.0 Å². The molecule has 1 heterocycles. The van der Waals surface area contributed by atoms with E-state index in [9.17, 15) is 9.59 Å². The van der Waals surface area contributed by atoms with Crippen molar-refractivity contribution in [3.63, 3.8) is 0 Å². The van der Waals surface area contributed by atoms with E-state index in [1.54, 1.807) is 23.1 Å². The van der Waals surface area contributed by atoms with Crippen molar-refractivity contribution >= 4 is 11.9 Å². The summed E-state index contributed by atoms with van der Waals surface area (Å²) in [6.07, 6.45) is 3.10. The average molecular weight is 261 g/mol. The zero-order valence-electron chi connectivity index (χ0n) is 11.1. The maximum absolute atomic E-state index is 12.4. The van der Waals surface area contributed by atoms with Gasteiger partial charge in [0.1, 0.15) is 0 Å². The van der Waals surface area contributed by atoms with E-state index >= 15 is 0 Å². The van der Waals surface area contributed by atoms with Gasteiger partial charge in [-0.3, -0.25) is 4.79 Å². The molecule has 0 bridgehead atoms. The highest BCUT2D eigenvalue weighted by Gasteiger charge is 2.23. The number of carboxylic acids is 1. The first kappa shape index (κ1) is 13.6. The van der Waals surface area contributed by atoms with Crippen LogP contribution in [0.4, 0.5) is 0 Å². The van der Waals surface area contributed by atoms with Crippen LogP contribution < -0.4 is 0 Å². The number of hydrogen-bond donors (Lipinski definition) is 1. The molecule has 1 aliphatic heterocycles. The molecule has 1 N–H and O–H groups in total. The molecule has 1 aromatic carbocycles. The zero-order chi connectivity index (χ0) is 13.8. The van der Waals surface area contributed by atoms with Crippen LogP contribution in [0, 0.1) is 5.92 Å². The number of benzene rings is 1. The molecule has 0 spiro atoms. The van der Waals surface area contributed by atoms with Gasteiger partial charge in [0.2, 0.25) is 0 Å². The van der Waals surface area contributed by atoms with E-state index in [-0.39, 0.29) is 11.5 Å². The Kier molecular flexibility index (Phi) is 4.20. The van der Waals surface area contributed by atoms with Crippen LogP contribution in [0.2, 0.25) is 0 Å². The summed E-state index contributed by atoms with van der Waals surface area (Å²) in [6, 6.07) is 6.43. The fourth-order valence-electron chi connectivity index (χ4n) is 2.49. The molecular weight excluding hydrogens is 242 g/mol. The molecule has 0 radical (unpaired) electrons. The fraction of sp³-hybridized carbons (Fsp3) is 0.467. The SMILES string of the molecule is CC1CCCN(C(=O)c2ccccc2C(=O)O)CC1. The molecule has 2 rings (SSSR count). The number of nitrogens with zero attached hydrogens (tertiary/aromatic N) is 1. The Balaban J connectivity index is 2.21. The van der Waals surface area contributed by atoms with Gasteiger partial charge in [0, 0.05) is 13.1 Å². The maximum atomic E-state index is 12.4. The van der Waals surface area contributed by atoms with E-state index in [1.807, 2.05) is 0 Å². The first-order valence-electron chi connectivity index (χ1n) is 6.71. The minimum absolute atomic E-state index is 0.0878. The van der Waals surface area contributed by atoms with Gasteiger partial charge in [0.25, 0.3) is 5.91 Å². The molecule has 1 atom stereocenters. The van der Waals surface area contributed by atoms with E-state index in [1.165, 1.54) is 6.07 Å². The predicted octanol–water partition coefficient (Wildman–Crippen LogP) is 2.65. The second kappa shape index (κ2) is 5.87. The molecule has 1 aromatic rings. The van der Waals surface area contributed by atoms with Gasteiger partial charge in [-0.1, -0.05) is 19.1 Å². The molecule has 1 unspecified atom stereocenters. The largest absolute Gasteiger partial charge is 0.478 e. The van der Waals surface area contributed by atoms with Gasteiger partial charge in [0.15, 0.2) is 0 Å². The molecule has 4 nitrogen and oxygen atoms in total. The van der Waals surface area contributed by atoms with Crippen molar-refractivity contribution in [1.82, 2.24) is 4.90 Å². The summed E-state index contributed by atoms with van der Waals surface area (Å²) in [4.78, 5) is 25.4. The normalized spacial score (nSPS) is 19.8. The quantitative estimate of drug-likeness (QED) is 0.890. The lowest BCUT2D eigenvalue weighted by Gasteiger charge is -2.21. The number of carbonyl (C=O) groups is 2. The van der Waals surface area contributed by atoms with Gasteiger partial charge in [-0.25, -0.2) is 4.79 Å². The van der Waals surface area contributed by atoms with Crippen LogP contribution >= 0.6 is 0 Å². The van der Waals surface area contributed by atoms with Crippen molar-refractivity contribution in [2.75, 3.05) is 13.1 Å². The van der Waals surface area contributed by atoms with E-state index in [0.717, 1.165) is 25.8 Å². The first-order chi connectivity index (χ1) is 9.09. The molecule has 4 heteroatoms. The Bertz CT molecular complexity index is 484.